The van der Waals surface area contributed by atoms with Crippen LogP contribution in [0.5, 0.6) is 0 Å². The number of nitrogens with zero attached hydrogens (tertiary/aromatic N) is 3. The minimum atomic E-state index is -1.21. The van der Waals surface area contributed by atoms with Crippen LogP contribution in [0, 0.1) is 13.8 Å². The summed E-state index contributed by atoms with van der Waals surface area (Å²) in [4.78, 5) is 79.7. The zero-order valence-electron chi connectivity index (χ0n) is 26.0. The molecule has 0 aromatic heterocycles. The highest BCUT2D eigenvalue weighted by Gasteiger charge is 2.38. The highest BCUT2D eigenvalue weighted by Crippen LogP contribution is 2.39. The second-order valence-corrected chi connectivity index (χ2v) is 11.7. The van der Waals surface area contributed by atoms with Crippen molar-refractivity contribution in [2.75, 3.05) is 14.7 Å². The van der Waals surface area contributed by atoms with E-state index in [2.05, 4.69) is 0 Å². The molecule has 11 heteroatoms. The van der Waals surface area contributed by atoms with Gasteiger partial charge in [0.1, 0.15) is 0 Å². The van der Waals surface area contributed by atoms with E-state index in [0.29, 0.717) is 22.7 Å². The lowest BCUT2D eigenvalue weighted by atomic mass is 10.1. The third-order valence-corrected chi connectivity index (χ3v) is 8.75. The van der Waals surface area contributed by atoms with Gasteiger partial charge in [-0.05, 0) is 122 Å². The van der Waals surface area contributed by atoms with Crippen molar-refractivity contribution in [3.05, 3.63) is 148 Å². The molecule has 2 aliphatic heterocycles. The van der Waals surface area contributed by atoms with E-state index < -0.39 is 35.6 Å². The highest BCUT2D eigenvalue weighted by atomic mass is 16.4. The molecule has 2 heterocycles. The van der Waals surface area contributed by atoms with Crippen molar-refractivity contribution in [1.82, 2.24) is 0 Å². The second kappa shape index (κ2) is 11.4. The number of fused-ring (bicyclic) bond motifs is 2. The van der Waals surface area contributed by atoms with Crippen LogP contribution in [0.1, 0.15) is 73.3 Å². The van der Waals surface area contributed by atoms with E-state index >= 15 is 0 Å². The van der Waals surface area contributed by atoms with Crippen LogP contribution in [-0.2, 0) is 0 Å². The van der Waals surface area contributed by atoms with E-state index in [1.807, 2.05) is 36.9 Å². The first-order valence-corrected chi connectivity index (χ1v) is 15.0. The number of aryl methyl sites for hydroxylation is 2. The number of aromatic carboxylic acids is 2. The smallest absolute Gasteiger partial charge is 0.335 e. The first-order valence-electron chi connectivity index (χ1n) is 15.0. The summed E-state index contributed by atoms with van der Waals surface area (Å²) in [5.74, 6) is -4.77. The highest BCUT2D eigenvalue weighted by molar-refractivity contribution is 6.35. The first kappa shape index (κ1) is 30.8. The van der Waals surface area contributed by atoms with Gasteiger partial charge >= 0.3 is 11.9 Å². The number of hydrogen-bond donors (Lipinski definition) is 2. The number of carbonyl (C=O) groups is 6. The molecular weight excluding hydrogens is 626 g/mol. The summed E-state index contributed by atoms with van der Waals surface area (Å²) < 4.78 is 0. The molecular formula is C38H25N3O8. The molecule has 0 bridgehead atoms. The third-order valence-electron chi connectivity index (χ3n) is 8.75. The van der Waals surface area contributed by atoms with Gasteiger partial charge in [-0.2, -0.15) is 0 Å². The average Bonchev–Trinajstić information content (AvgIpc) is 3.50. The molecule has 0 unspecified atom stereocenters. The standard InChI is InChI=1S/C38H25N3O8/c1-20-3-6-28(17-21(20)2)39(24-7-11-26(12-8-24)40-33(42)29-15-4-22(37(46)47)18-31(29)35(40)44)25-9-13-27(14-10-25)41-34(43)30-16-5-23(38(48)49)19-32(30)36(41)45/h3-19H,1-2H3,(H,46,47)(H,48,49). The zero-order chi connectivity index (χ0) is 34.7. The average molecular weight is 652 g/mol. The Morgan fingerprint density at radius 1 is 0.469 bits per heavy atom. The van der Waals surface area contributed by atoms with Crippen molar-refractivity contribution >= 4 is 64.0 Å². The van der Waals surface area contributed by atoms with Crippen LogP contribution in [0.15, 0.2) is 103 Å². The van der Waals surface area contributed by atoms with Gasteiger partial charge in [-0.3, -0.25) is 19.2 Å². The number of hydrogen-bond acceptors (Lipinski definition) is 7. The predicted molar refractivity (Wildman–Crippen MR) is 180 cm³/mol. The number of rotatable bonds is 7. The van der Waals surface area contributed by atoms with Crippen LogP contribution in [0.25, 0.3) is 0 Å². The molecule has 240 valence electrons. The Hall–Kier alpha value is -6.88. The summed E-state index contributed by atoms with van der Waals surface area (Å²) in [5, 5.41) is 18.7. The van der Waals surface area contributed by atoms with Gasteiger partial charge in [0.15, 0.2) is 0 Å². The molecule has 0 atom stereocenters. The fourth-order valence-corrected chi connectivity index (χ4v) is 6.03. The Morgan fingerprint density at radius 3 is 1.24 bits per heavy atom. The molecule has 5 aromatic rings. The van der Waals surface area contributed by atoms with Crippen molar-refractivity contribution in [3.8, 4) is 0 Å². The van der Waals surface area contributed by atoms with Gasteiger partial charge < -0.3 is 15.1 Å². The van der Waals surface area contributed by atoms with Gasteiger partial charge in [0.05, 0.1) is 44.8 Å². The molecule has 0 saturated carbocycles. The van der Waals surface area contributed by atoms with E-state index in [1.165, 1.54) is 36.4 Å². The molecule has 0 saturated heterocycles. The lowest BCUT2D eigenvalue weighted by molar-refractivity contribution is 0.0686. The van der Waals surface area contributed by atoms with Gasteiger partial charge in [0.2, 0.25) is 0 Å². The van der Waals surface area contributed by atoms with Crippen LogP contribution in [-0.4, -0.2) is 45.8 Å². The molecule has 7 rings (SSSR count). The van der Waals surface area contributed by atoms with Gasteiger partial charge in [-0.15, -0.1) is 0 Å². The summed E-state index contributed by atoms with van der Waals surface area (Å²) in [6, 6.07) is 27.1. The fourth-order valence-electron chi connectivity index (χ4n) is 6.03. The Morgan fingerprint density at radius 2 is 0.857 bits per heavy atom. The molecule has 11 nitrogen and oxygen atoms in total. The van der Waals surface area contributed by atoms with Gasteiger partial charge in [0, 0.05) is 17.1 Å². The number of anilines is 5. The molecule has 0 aliphatic carbocycles. The second-order valence-electron chi connectivity index (χ2n) is 11.7. The minimum Gasteiger partial charge on any atom is -0.478 e. The molecule has 0 spiro atoms. The molecule has 4 amide bonds. The monoisotopic (exact) mass is 651 g/mol. The first-order chi connectivity index (χ1) is 23.4. The number of carbonyl (C=O) groups excluding carboxylic acids is 4. The maximum atomic E-state index is 13.2. The third kappa shape index (κ3) is 5.01. The van der Waals surface area contributed by atoms with E-state index in [9.17, 15) is 39.0 Å². The number of imide groups is 2. The van der Waals surface area contributed by atoms with E-state index in [1.54, 1.807) is 48.5 Å². The summed E-state index contributed by atoms with van der Waals surface area (Å²) in [7, 11) is 0. The summed E-state index contributed by atoms with van der Waals surface area (Å²) in [6.07, 6.45) is 0. The van der Waals surface area contributed by atoms with E-state index in [4.69, 9.17) is 0 Å². The van der Waals surface area contributed by atoms with Crippen molar-refractivity contribution < 1.29 is 39.0 Å². The topological polar surface area (TPSA) is 153 Å². The van der Waals surface area contributed by atoms with Crippen LogP contribution >= 0.6 is 0 Å². The number of benzene rings is 5. The molecule has 2 aliphatic rings. The lowest BCUT2D eigenvalue weighted by Crippen LogP contribution is -2.29. The lowest BCUT2D eigenvalue weighted by Gasteiger charge is -2.27. The van der Waals surface area contributed by atoms with Crippen molar-refractivity contribution in [2.45, 2.75) is 13.8 Å². The van der Waals surface area contributed by atoms with Crippen LogP contribution in [0.2, 0.25) is 0 Å². The molecule has 49 heavy (non-hydrogen) atoms. The van der Waals surface area contributed by atoms with Gasteiger partial charge in [0.25, 0.3) is 23.6 Å². The fraction of sp³-hybridized carbons (Fsp3) is 0.0526. The molecule has 0 radical (unpaired) electrons. The summed E-state index contributed by atoms with van der Waals surface area (Å²) >= 11 is 0. The number of carboxylic acids is 2. The quantitative estimate of drug-likeness (QED) is 0.182. The van der Waals surface area contributed by atoms with E-state index in [0.717, 1.165) is 26.6 Å². The van der Waals surface area contributed by atoms with Crippen LogP contribution < -0.4 is 14.7 Å². The summed E-state index contributed by atoms with van der Waals surface area (Å²) in [6.45, 7) is 3.98. The van der Waals surface area contributed by atoms with E-state index in [-0.39, 0.29) is 33.4 Å². The van der Waals surface area contributed by atoms with Crippen LogP contribution in [0.3, 0.4) is 0 Å². The van der Waals surface area contributed by atoms with Gasteiger partial charge in [-0.1, -0.05) is 6.07 Å². The number of carboxylic acid groups (broad SMARTS) is 2. The largest absolute Gasteiger partial charge is 0.478 e. The maximum Gasteiger partial charge on any atom is 0.335 e. The molecule has 5 aromatic carbocycles. The Bertz CT molecular complexity index is 2160. The Kier molecular flexibility index (Phi) is 7.17. The summed E-state index contributed by atoms with van der Waals surface area (Å²) in [5.41, 5.74) is 4.97. The zero-order valence-corrected chi connectivity index (χ0v) is 26.0. The van der Waals surface area contributed by atoms with Crippen molar-refractivity contribution in [1.29, 1.82) is 0 Å². The van der Waals surface area contributed by atoms with Crippen molar-refractivity contribution in [2.24, 2.45) is 0 Å². The normalized spacial score (nSPS) is 13.5. The number of amides is 4. The van der Waals surface area contributed by atoms with Crippen molar-refractivity contribution in [3.63, 3.8) is 0 Å². The Balaban J connectivity index is 1.22. The molecule has 2 N–H and O–H groups in total. The Labute approximate surface area is 278 Å². The predicted octanol–water partition coefficient (Wildman–Crippen LogP) is 6.77. The van der Waals surface area contributed by atoms with Crippen LogP contribution in [0.4, 0.5) is 28.4 Å². The maximum absolute atomic E-state index is 13.2. The molecule has 0 fully saturated rings. The van der Waals surface area contributed by atoms with Gasteiger partial charge in [-0.25, -0.2) is 19.4 Å². The SMILES string of the molecule is Cc1ccc(N(c2ccc(N3C(=O)c4ccc(C(=O)O)cc4C3=O)cc2)c2ccc(N3C(=O)c4ccc(C(=O)O)cc4C3=O)cc2)cc1C. The minimum absolute atomic E-state index is 0.0196.